The number of nitrogens with zero attached hydrogens (tertiary/aromatic N) is 3. The molecule has 0 saturated heterocycles. The third-order valence-corrected chi connectivity index (χ3v) is 4.03. The smallest absolute Gasteiger partial charge is 0.155 e. The van der Waals surface area contributed by atoms with E-state index in [2.05, 4.69) is 42.4 Å². The Morgan fingerprint density at radius 3 is 2.39 bits per heavy atom. The standard InChI is InChI=1S/C20H17N3/c1-14-12-20(21-18-11-7-6-10-17(14)18)23-19(13-15(2)22-23)16-8-4-3-5-9-16/h3-13H,1-2H3. The third-order valence-electron chi connectivity index (χ3n) is 4.03. The fraction of sp³-hybridized carbons (Fsp3) is 0.100. The molecule has 4 aromatic rings. The van der Waals surface area contributed by atoms with Crippen molar-refractivity contribution in [2.75, 3.05) is 0 Å². The van der Waals surface area contributed by atoms with Gasteiger partial charge in [-0.2, -0.15) is 5.10 Å². The summed E-state index contributed by atoms with van der Waals surface area (Å²) in [5.74, 6) is 0.855. The third kappa shape index (κ3) is 2.40. The molecular weight excluding hydrogens is 282 g/mol. The molecule has 0 radical (unpaired) electrons. The van der Waals surface area contributed by atoms with Crippen molar-refractivity contribution in [1.82, 2.24) is 14.8 Å². The van der Waals surface area contributed by atoms with Crippen LogP contribution in [0.3, 0.4) is 0 Å². The quantitative estimate of drug-likeness (QED) is 0.537. The number of hydrogen-bond acceptors (Lipinski definition) is 2. The molecule has 0 atom stereocenters. The van der Waals surface area contributed by atoms with Gasteiger partial charge in [-0.25, -0.2) is 9.67 Å². The first-order valence-electron chi connectivity index (χ1n) is 7.71. The summed E-state index contributed by atoms with van der Waals surface area (Å²) in [5.41, 5.74) is 5.38. The molecule has 0 amide bonds. The van der Waals surface area contributed by atoms with E-state index < -0.39 is 0 Å². The van der Waals surface area contributed by atoms with Gasteiger partial charge in [0.1, 0.15) is 0 Å². The van der Waals surface area contributed by atoms with Crippen LogP contribution in [-0.2, 0) is 0 Å². The predicted molar refractivity (Wildman–Crippen MR) is 93.8 cm³/mol. The first kappa shape index (κ1) is 13.7. The largest absolute Gasteiger partial charge is 0.229 e. The molecule has 0 spiro atoms. The van der Waals surface area contributed by atoms with Gasteiger partial charge in [0.2, 0.25) is 0 Å². The molecule has 0 bridgehead atoms. The van der Waals surface area contributed by atoms with E-state index in [4.69, 9.17) is 4.98 Å². The van der Waals surface area contributed by atoms with E-state index in [0.717, 1.165) is 28.3 Å². The molecule has 0 aliphatic heterocycles. The van der Waals surface area contributed by atoms with Crippen LogP contribution < -0.4 is 0 Å². The predicted octanol–water partition coefficient (Wildman–Crippen LogP) is 4.70. The number of aryl methyl sites for hydroxylation is 2. The lowest BCUT2D eigenvalue weighted by atomic mass is 10.1. The van der Waals surface area contributed by atoms with Crippen molar-refractivity contribution < 1.29 is 0 Å². The highest BCUT2D eigenvalue weighted by atomic mass is 15.3. The van der Waals surface area contributed by atoms with Crippen molar-refractivity contribution in [2.24, 2.45) is 0 Å². The van der Waals surface area contributed by atoms with Gasteiger partial charge in [0.05, 0.1) is 16.9 Å². The van der Waals surface area contributed by atoms with Crippen LogP contribution in [0.2, 0.25) is 0 Å². The van der Waals surface area contributed by atoms with Crippen molar-refractivity contribution in [3.8, 4) is 17.1 Å². The number of fused-ring (bicyclic) bond motifs is 1. The number of hydrogen-bond donors (Lipinski definition) is 0. The zero-order chi connectivity index (χ0) is 15.8. The summed E-state index contributed by atoms with van der Waals surface area (Å²) >= 11 is 0. The molecule has 4 rings (SSSR count). The van der Waals surface area contributed by atoms with Gasteiger partial charge in [-0.1, -0.05) is 48.5 Å². The molecular formula is C20H17N3. The van der Waals surface area contributed by atoms with Gasteiger partial charge in [-0.3, -0.25) is 0 Å². The van der Waals surface area contributed by atoms with Crippen LogP contribution in [0.1, 0.15) is 11.3 Å². The number of pyridine rings is 1. The lowest BCUT2D eigenvalue weighted by molar-refractivity contribution is 0.843. The monoisotopic (exact) mass is 299 g/mol. The maximum atomic E-state index is 4.81. The molecule has 0 N–H and O–H groups in total. The number of aromatic nitrogens is 3. The summed E-state index contributed by atoms with van der Waals surface area (Å²) in [5, 5.41) is 5.84. The number of benzene rings is 2. The van der Waals surface area contributed by atoms with E-state index in [-0.39, 0.29) is 0 Å². The molecule has 2 aromatic heterocycles. The minimum Gasteiger partial charge on any atom is -0.229 e. The van der Waals surface area contributed by atoms with Crippen molar-refractivity contribution in [3.05, 3.63) is 78.0 Å². The molecule has 0 fully saturated rings. The molecule has 0 aliphatic rings. The minimum absolute atomic E-state index is 0.855. The van der Waals surface area contributed by atoms with Crippen LogP contribution in [0.5, 0.6) is 0 Å². The van der Waals surface area contributed by atoms with E-state index in [9.17, 15) is 0 Å². The fourth-order valence-corrected chi connectivity index (χ4v) is 2.93. The number of rotatable bonds is 2. The van der Waals surface area contributed by atoms with Gasteiger partial charge in [0.15, 0.2) is 5.82 Å². The molecule has 23 heavy (non-hydrogen) atoms. The van der Waals surface area contributed by atoms with Crippen LogP contribution in [0.4, 0.5) is 0 Å². The molecule has 0 saturated carbocycles. The van der Waals surface area contributed by atoms with Crippen molar-refractivity contribution in [1.29, 1.82) is 0 Å². The highest BCUT2D eigenvalue weighted by molar-refractivity contribution is 5.83. The highest BCUT2D eigenvalue weighted by Crippen LogP contribution is 2.25. The van der Waals surface area contributed by atoms with Gasteiger partial charge < -0.3 is 0 Å². The maximum Gasteiger partial charge on any atom is 0.155 e. The maximum absolute atomic E-state index is 4.81. The number of para-hydroxylation sites is 1. The molecule has 3 nitrogen and oxygen atoms in total. The van der Waals surface area contributed by atoms with Gasteiger partial charge in [0.25, 0.3) is 0 Å². The van der Waals surface area contributed by atoms with Crippen molar-refractivity contribution >= 4 is 10.9 Å². The van der Waals surface area contributed by atoms with Crippen LogP contribution in [-0.4, -0.2) is 14.8 Å². The summed E-state index contributed by atoms with van der Waals surface area (Å²) in [6.07, 6.45) is 0. The molecule has 2 heterocycles. The average molecular weight is 299 g/mol. The van der Waals surface area contributed by atoms with Gasteiger partial charge in [-0.05, 0) is 37.6 Å². The summed E-state index contributed by atoms with van der Waals surface area (Å²) < 4.78 is 1.93. The summed E-state index contributed by atoms with van der Waals surface area (Å²) in [4.78, 5) is 4.81. The second-order valence-corrected chi connectivity index (χ2v) is 5.76. The Bertz CT molecular complexity index is 984. The zero-order valence-corrected chi connectivity index (χ0v) is 13.2. The summed E-state index contributed by atoms with van der Waals surface area (Å²) in [6, 6.07) is 22.7. The molecule has 3 heteroatoms. The zero-order valence-electron chi connectivity index (χ0n) is 13.2. The SMILES string of the molecule is Cc1cc(-c2ccccc2)n(-c2cc(C)c3ccccc3n2)n1. The van der Waals surface area contributed by atoms with Crippen LogP contribution in [0.25, 0.3) is 28.0 Å². The second-order valence-electron chi connectivity index (χ2n) is 5.76. The topological polar surface area (TPSA) is 30.7 Å². The Morgan fingerprint density at radius 1 is 0.826 bits per heavy atom. The Hall–Kier alpha value is -2.94. The summed E-state index contributed by atoms with van der Waals surface area (Å²) in [6.45, 7) is 4.13. The van der Waals surface area contributed by atoms with E-state index >= 15 is 0 Å². The van der Waals surface area contributed by atoms with E-state index in [1.54, 1.807) is 0 Å². The lowest BCUT2D eigenvalue weighted by Crippen LogP contribution is -2.03. The van der Waals surface area contributed by atoms with E-state index in [0.29, 0.717) is 0 Å². The molecule has 0 unspecified atom stereocenters. The Kier molecular flexibility index (Phi) is 3.19. The van der Waals surface area contributed by atoms with Crippen LogP contribution in [0.15, 0.2) is 66.7 Å². The molecule has 2 aromatic carbocycles. The second kappa shape index (κ2) is 5.36. The minimum atomic E-state index is 0.855. The van der Waals surface area contributed by atoms with Gasteiger partial charge in [-0.15, -0.1) is 0 Å². The van der Waals surface area contributed by atoms with Gasteiger partial charge in [0, 0.05) is 10.9 Å². The lowest BCUT2D eigenvalue weighted by Gasteiger charge is -2.10. The van der Waals surface area contributed by atoms with Crippen LogP contribution in [0, 0.1) is 13.8 Å². The average Bonchev–Trinajstić information content (AvgIpc) is 2.98. The van der Waals surface area contributed by atoms with Crippen LogP contribution >= 0.6 is 0 Å². The van der Waals surface area contributed by atoms with Crippen molar-refractivity contribution in [3.63, 3.8) is 0 Å². The van der Waals surface area contributed by atoms with E-state index in [1.165, 1.54) is 10.9 Å². The normalized spacial score (nSPS) is 11.0. The highest BCUT2D eigenvalue weighted by Gasteiger charge is 2.12. The first-order valence-corrected chi connectivity index (χ1v) is 7.71. The van der Waals surface area contributed by atoms with Gasteiger partial charge >= 0.3 is 0 Å². The Balaban J connectivity index is 1.95. The fourth-order valence-electron chi connectivity index (χ4n) is 2.93. The molecule has 0 aliphatic carbocycles. The Labute approximate surface area is 135 Å². The first-order chi connectivity index (χ1) is 11.2. The van der Waals surface area contributed by atoms with Crippen molar-refractivity contribution in [2.45, 2.75) is 13.8 Å². The Morgan fingerprint density at radius 2 is 1.57 bits per heavy atom. The summed E-state index contributed by atoms with van der Waals surface area (Å²) in [7, 11) is 0. The van der Waals surface area contributed by atoms with E-state index in [1.807, 2.05) is 48.0 Å². The molecule has 112 valence electrons.